The molecule has 0 aromatic heterocycles. The number of rotatable bonds is 8. The lowest BCUT2D eigenvalue weighted by Gasteiger charge is -2.36. The maximum absolute atomic E-state index is 13.3. The van der Waals surface area contributed by atoms with Crippen molar-refractivity contribution >= 4 is 5.91 Å². The predicted molar refractivity (Wildman–Crippen MR) is 122 cm³/mol. The number of amides is 1. The summed E-state index contributed by atoms with van der Waals surface area (Å²) in [6, 6.07) is 6.61. The number of hydrogen-bond acceptors (Lipinski definition) is 6. The van der Waals surface area contributed by atoms with E-state index in [4.69, 9.17) is 14.2 Å². The van der Waals surface area contributed by atoms with Crippen LogP contribution in [-0.4, -0.2) is 92.3 Å². The maximum atomic E-state index is 13.3. The Morgan fingerprint density at radius 1 is 0.969 bits per heavy atom. The van der Waals surface area contributed by atoms with Crippen LogP contribution < -0.4 is 9.47 Å². The molecule has 7 heteroatoms. The van der Waals surface area contributed by atoms with E-state index in [2.05, 4.69) is 26.8 Å². The van der Waals surface area contributed by atoms with Gasteiger partial charge < -0.3 is 19.1 Å². The molecule has 3 heterocycles. The second kappa shape index (κ2) is 10.4. The zero-order chi connectivity index (χ0) is 21.8. The average molecular weight is 444 g/mol. The summed E-state index contributed by atoms with van der Waals surface area (Å²) in [7, 11) is 0. The van der Waals surface area contributed by atoms with Crippen LogP contribution >= 0.6 is 0 Å². The van der Waals surface area contributed by atoms with E-state index in [1.54, 1.807) is 0 Å². The molecule has 3 aliphatic heterocycles. The number of ether oxygens (including phenoxy) is 3. The fourth-order valence-electron chi connectivity index (χ4n) is 5.31. The molecular weight excluding hydrogens is 406 g/mol. The fraction of sp³-hybridized carbons (Fsp3) is 0.720. The van der Waals surface area contributed by atoms with Gasteiger partial charge in [-0.3, -0.25) is 14.6 Å². The van der Waals surface area contributed by atoms with E-state index in [1.807, 2.05) is 6.07 Å². The fourth-order valence-corrected chi connectivity index (χ4v) is 5.31. The van der Waals surface area contributed by atoms with Gasteiger partial charge in [0.25, 0.3) is 0 Å². The quantitative estimate of drug-likeness (QED) is 0.615. The number of fused-ring (bicyclic) bond motifs is 1. The lowest BCUT2D eigenvalue weighted by atomic mass is 9.84. The van der Waals surface area contributed by atoms with Crippen molar-refractivity contribution in [1.29, 1.82) is 0 Å². The molecular formula is C25H37N3O4. The van der Waals surface area contributed by atoms with E-state index in [9.17, 15) is 4.79 Å². The van der Waals surface area contributed by atoms with Crippen molar-refractivity contribution in [3.8, 4) is 11.5 Å². The summed E-state index contributed by atoms with van der Waals surface area (Å²) >= 11 is 0. The number of hydrogen-bond donors (Lipinski definition) is 0. The van der Waals surface area contributed by atoms with E-state index in [0.29, 0.717) is 25.2 Å². The highest BCUT2D eigenvalue weighted by atomic mass is 16.6. The molecule has 0 spiro atoms. The lowest BCUT2D eigenvalue weighted by Crippen LogP contribution is -2.47. The van der Waals surface area contributed by atoms with Gasteiger partial charge in [0.15, 0.2) is 11.5 Å². The van der Waals surface area contributed by atoms with E-state index in [0.717, 1.165) is 96.2 Å². The summed E-state index contributed by atoms with van der Waals surface area (Å²) in [6.45, 7) is 9.78. The Balaban J connectivity index is 1.17. The number of likely N-dealkylation sites (tertiary alicyclic amines) is 1. The topological polar surface area (TPSA) is 54.5 Å². The number of carbonyl (C=O) groups excluding carboxylic acids is 1. The molecule has 3 fully saturated rings. The Labute approximate surface area is 191 Å². The van der Waals surface area contributed by atoms with Gasteiger partial charge in [-0.05, 0) is 43.4 Å². The molecule has 0 N–H and O–H groups in total. The van der Waals surface area contributed by atoms with Crippen molar-refractivity contribution in [3.05, 3.63) is 23.8 Å². The first-order valence-corrected chi connectivity index (χ1v) is 12.5. The van der Waals surface area contributed by atoms with Crippen LogP contribution in [0.15, 0.2) is 18.2 Å². The summed E-state index contributed by atoms with van der Waals surface area (Å²) in [6.07, 6.45) is 5.48. The largest absolute Gasteiger partial charge is 0.486 e. The number of nitrogens with zero attached hydrogens (tertiary/aromatic N) is 3. The highest BCUT2D eigenvalue weighted by molar-refractivity contribution is 5.80. The van der Waals surface area contributed by atoms with Gasteiger partial charge in [0.1, 0.15) is 13.2 Å². The summed E-state index contributed by atoms with van der Waals surface area (Å²) in [5.41, 5.74) is 1.25. The van der Waals surface area contributed by atoms with Crippen molar-refractivity contribution in [2.75, 3.05) is 65.7 Å². The zero-order valence-electron chi connectivity index (χ0n) is 19.2. The summed E-state index contributed by atoms with van der Waals surface area (Å²) < 4.78 is 16.9. The summed E-state index contributed by atoms with van der Waals surface area (Å²) in [5, 5.41) is 0. The second-order valence-electron chi connectivity index (χ2n) is 9.62. The second-order valence-corrected chi connectivity index (χ2v) is 9.62. The number of carbonyl (C=O) groups is 1. The first-order chi connectivity index (χ1) is 15.8. The van der Waals surface area contributed by atoms with Crippen LogP contribution in [-0.2, 0) is 16.1 Å². The highest BCUT2D eigenvalue weighted by Gasteiger charge is 2.36. The molecule has 1 aliphatic carbocycles. The first-order valence-electron chi connectivity index (χ1n) is 12.5. The van der Waals surface area contributed by atoms with Gasteiger partial charge in [0.05, 0.1) is 13.2 Å². The smallest absolute Gasteiger partial charge is 0.225 e. The van der Waals surface area contributed by atoms with Crippen molar-refractivity contribution < 1.29 is 19.0 Å². The van der Waals surface area contributed by atoms with Crippen LogP contribution in [0, 0.1) is 5.92 Å². The van der Waals surface area contributed by atoms with Gasteiger partial charge in [-0.25, -0.2) is 0 Å². The molecule has 32 heavy (non-hydrogen) atoms. The summed E-state index contributed by atoms with van der Waals surface area (Å²) in [5.74, 6) is 2.38. The van der Waals surface area contributed by atoms with Crippen LogP contribution in [0.3, 0.4) is 0 Å². The van der Waals surface area contributed by atoms with Gasteiger partial charge in [0, 0.05) is 57.8 Å². The minimum Gasteiger partial charge on any atom is -0.486 e. The first kappa shape index (κ1) is 22.0. The van der Waals surface area contributed by atoms with E-state index in [1.165, 1.54) is 12.0 Å². The van der Waals surface area contributed by atoms with Gasteiger partial charge in [-0.1, -0.05) is 12.5 Å². The van der Waals surface area contributed by atoms with Gasteiger partial charge in [-0.2, -0.15) is 0 Å². The van der Waals surface area contributed by atoms with E-state index < -0.39 is 0 Å². The molecule has 1 aromatic carbocycles. The predicted octanol–water partition coefficient (Wildman–Crippen LogP) is 2.38. The zero-order valence-corrected chi connectivity index (χ0v) is 19.2. The third-order valence-corrected chi connectivity index (χ3v) is 7.42. The van der Waals surface area contributed by atoms with Crippen LogP contribution in [0.5, 0.6) is 11.5 Å². The normalized spacial score (nSPS) is 24.3. The van der Waals surface area contributed by atoms with Crippen LogP contribution in [0.25, 0.3) is 0 Å². The molecule has 7 nitrogen and oxygen atoms in total. The molecule has 0 bridgehead atoms. The van der Waals surface area contributed by atoms with Crippen LogP contribution in [0.4, 0.5) is 0 Å². The monoisotopic (exact) mass is 443 g/mol. The Morgan fingerprint density at radius 3 is 2.56 bits per heavy atom. The van der Waals surface area contributed by atoms with Crippen molar-refractivity contribution in [2.45, 2.75) is 44.7 Å². The highest BCUT2D eigenvalue weighted by Crippen LogP contribution is 2.33. The van der Waals surface area contributed by atoms with E-state index in [-0.39, 0.29) is 5.92 Å². The number of benzene rings is 1. The minimum absolute atomic E-state index is 0.269. The Morgan fingerprint density at radius 2 is 1.78 bits per heavy atom. The number of morpholine rings is 1. The van der Waals surface area contributed by atoms with E-state index >= 15 is 0 Å². The summed E-state index contributed by atoms with van der Waals surface area (Å²) in [4.78, 5) is 20.5. The van der Waals surface area contributed by atoms with Gasteiger partial charge in [-0.15, -0.1) is 0 Å². The van der Waals surface area contributed by atoms with Crippen molar-refractivity contribution in [2.24, 2.45) is 5.92 Å². The molecule has 0 radical (unpaired) electrons. The Bertz CT molecular complexity index is 778. The molecule has 176 valence electrons. The van der Waals surface area contributed by atoms with Gasteiger partial charge in [0.2, 0.25) is 5.91 Å². The molecule has 2 saturated heterocycles. The Hall–Kier alpha value is -1.83. The molecule has 5 rings (SSSR count). The molecule has 1 unspecified atom stereocenters. The SMILES string of the molecule is O=C(C1CCC1)N(CCCN1CCOCC1)C1CCN(Cc2ccc3c(c2)OCCO3)C1. The molecule has 1 atom stereocenters. The van der Waals surface area contributed by atoms with Crippen molar-refractivity contribution in [3.63, 3.8) is 0 Å². The molecule has 1 amide bonds. The third kappa shape index (κ3) is 5.21. The van der Waals surface area contributed by atoms with Crippen LogP contribution in [0.2, 0.25) is 0 Å². The molecule has 1 aromatic rings. The lowest BCUT2D eigenvalue weighted by molar-refractivity contribution is -0.140. The molecule has 4 aliphatic rings. The minimum atomic E-state index is 0.269. The standard InChI is InChI=1S/C25H37N3O4/c29-25(21-3-1-4-21)28(9-2-8-26-11-13-30-14-12-26)22-7-10-27(19-22)18-20-5-6-23-24(17-20)32-16-15-31-23/h5-6,17,21-22H,1-4,7-16,18-19H2. The molecule has 1 saturated carbocycles. The average Bonchev–Trinajstić information content (AvgIpc) is 3.24. The Kier molecular flexibility index (Phi) is 7.15. The van der Waals surface area contributed by atoms with Crippen molar-refractivity contribution in [1.82, 2.24) is 14.7 Å². The third-order valence-electron chi connectivity index (χ3n) is 7.42. The van der Waals surface area contributed by atoms with Crippen LogP contribution in [0.1, 0.15) is 37.7 Å². The maximum Gasteiger partial charge on any atom is 0.225 e. The van der Waals surface area contributed by atoms with Gasteiger partial charge >= 0.3 is 0 Å².